The van der Waals surface area contributed by atoms with Crippen LogP contribution in [0.5, 0.6) is 5.75 Å². The zero-order valence-corrected chi connectivity index (χ0v) is 12.5. The van der Waals surface area contributed by atoms with Crippen molar-refractivity contribution in [2.45, 2.75) is 39.7 Å². The van der Waals surface area contributed by atoms with Gasteiger partial charge in [-0.05, 0) is 43.0 Å². The fourth-order valence-electron chi connectivity index (χ4n) is 2.10. The van der Waals surface area contributed by atoms with Crippen LogP contribution in [-0.2, 0) is 11.3 Å². The van der Waals surface area contributed by atoms with E-state index in [2.05, 4.69) is 18.8 Å². The molecule has 1 unspecified atom stereocenters. The van der Waals surface area contributed by atoms with Gasteiger partial charge in [0.05, 0.1) is 0 Å². The molecule has 0 amide bonds. The second kappa shape index (κ2) is 9.32. The topological polar surface area (TPSA) is 38.3 Å². The van der Waals surface area contributed by atoms with Gasteiger partial charge in [-0.3, -0.25) is 4.79 Å². The molecule has 0 aliphatic heterocycles. The normalized spacial score (nSPS) is 11.9. The van der Waals surface area contributed by atoms with Gasteiger partial charge in [0.2, 0.25) is 0 Å². The van der Waals surface area contributed by atoms with Gasteiger partial charge in [0, 0.05) is 13.5 Å². The molecule has 3 nitrogen and oxygen atoms in total. The average molecular weight is 275 g/mol. The number of benzene rings is 1. The van der Waals surface area contributed by atoms with E-state index in [1.807, 2.05) is 30.3 Å². The number of carbonyl (C=O) groups excluding carboxylic acids is 1. The SMILES string of the molecule is C=CCC(CC)CCNCc1ccc(OC(C)=O)cc1. The van der Waals surface area contributed by atoms with Gasteiger partial charge >= 0.3 is 5.97 Å². The Kier molecular flexibility index (Phi) is 7.66. The van der Waals surface area contributed by atoms with Crippen molar-refractivity contribution in [2.75, 3.05) is 6.54 Å². The van der Waals surface area contributed by atoms with E-state index in [0.717, 1.165) is 25.4 Å². The molecule has 0 bridgehead atoms. The highest BCUT2D eigenvalue weighted by Gasteiger charge is 2.03. The van der Waals surface area contributed by atoms with Gasteiger partial charge in [0.25, 0.3) is 0 Å². The first-order valence-corrected chi connectivity index (χ1v) is 7.24. The number of hydrogen-bond donors (Lipinski definition) is 1. The number of nitrogens with one attached hydrogen (secondary N) is 1. The molecule has 0 aliphatic carbocycles. The molecule has 0 saturated carbocycles. The van der Waals surface area contributed by atoms with Crippen LogP contribution in [0.2, 0.25) is 0 Å². The highest BCUT2D eigenvalue weighted by molar-refractivity contribution is 5.69. The molecule has 20 heavy (non-hydrogen) atoms. The number of carbonyl (C=O) groups is 1. The third kappa shape index (κ3) is 6.53. The van der Waals surface area contributed by atoms with Crippen molar-refractivity contribution in [2.24, 2.45) is 5.92 Å². The summed E-state index contributed by atoms with van der Waals surface area (Å²) in [5.41, 5.74) is 1.19. The molecule has 0 aliphatic rings. The largest absolute Gasteiger partial charge is 0.427 e. The van der Waals surface area contributed by atoms with Gasteiger partial charge < -0.3 is 10.1 Å². The molecule has 3 heteroatoms. The predicted octanol–water partition coefficient (Wildman–Crippen LogP) is 3.69. The maximum atomic E-state index is 10.8. The van der Waals surface area contributed by atoms with Crippen LogP contribution in [0.1, 0.15) is 38.7 Å². The first-order chi connectivity index (χ1) is 9.65. The van der Waals surface area contributed by atoms with E-state index in [1.165, 1.54) is 25.3 Å². The van der Waals surface area contributed by atoms with E-state index < -0.39 is 0 Å². The number of hydrogen-bond acceptors (Lipinski definition) is 3. The van der Waals surface area contributed by atoms with Crippen molar-refractivity contribution in [3.8, 4) is 5.75 Å². The quantitative estimate of drug-likeness (QED) is 0.323. The molecule has 0 heterocycles. The molecular weight excluding hydrogens is 250 g/mol. The fourth-order valence-corrected chi connectivity index (χ4v) is 2.10. The summed E-state index contributed by atoms with van der Waals surface area (Å²) < 4.78 is 5.00. The van der Waals surface area contributed by atoms with Crippen LogP contribution < -0.4 is 10.1 Å². The van der Waals surface area contributed by atoms with E-state index in [4.69, 9.17) is 4.74 Å². The lowest BCUT2D eigenvalue weighted by Gasteiger charge is -2.13. The molecule has 0 spiro atoms. The molecule has 1 rings (SSSR count). The van der Waals surface area contributed by atoms with Crippen LogP contribution >= 0.6 is 0 Å². The summed E-state index contributed by atoms with van der Waals surface area (Å²) in [4.78, 5) is 10.8. The Bertz CT molecular complexity index is 412. The van der Waals surface area contributed by atoms with Crippen LogP contribution in [0, 0.1) is 5.92 Å². The second-order valence-electron chi connectivity index (χ2n) is 5.00. The first-order valence-electron chi connectivity index (χ1n) is 7.24. The second-order valence-corrected chi connectivity index (χ2v) is 5.00. The molecule has 110 valence electrons. The molecule has 0 saturated heterocycles. The van der Waals surface area contributed by atoms with Gasteiger partial charge in [-0.15, -0.1) is 6.58 Å². The number of esters is 1. The minimum absolute atomic E-state index is 0.288. The predicted molar refractivity (Wildman–Crippen MR) is 82.7 cm³/mol. The van der Waals surface area contributed by atoms with Crippen molar-refractivity contribution in [3.63, 3.8) is 0 Å². The van der Waals surface area contributed by atoms with Gasteiger partial charge in [-0.25, -0.2) is 0 Å². The van der Waals surface area contributed by atoms with Gasteiger partial charge in [0.15, 0.2) is 0 Å². The number of rotatable bonds is 9. The average Bonchev–Trinajstić information content (AvgIpc) is 2.43. The summed E-state index contributed by atoms with van der Waals surface area (Å²) in [5, 5.41) is 3.44. The molecule has 0 fully saturated rings. The molecular formula is C17H25NO2. The molecule has 1 aromatic carbocycles. The van der Waals surface area contributed by atoms with E-state index >= 15 is 0 Å². The van der Waals surface area contributed by atoms with Gasteiger partial charge in [-0.1, -0.05) is 31.6 Å². The highest BCUT2D eigenvalue weighted by atomic mass is 16.5. The summed E-state index contributed by atoms with van der Waals surface area (Å²) in [6.07, 6.45) is 5.47. The molecule has 0 aromatic heterocycles. The van der Waals surface area contributed by atoms with E-state index in [1.54, 1.807) is 0 Å². The Labute approximate surface area is 122 Å². The lowest BCUT2D eigenvalue weighted by Crippen LogP contribution is -2.17. The molecule has 0 radical (unpaired) electrons. The Morgan fingerprint density at radius 1 is 1.40 bits per heavy atom. The number of ether oxygens (including phenoxy) is 1. The maximum Gasteiger partial charge on any atom is 0.308 e. The summed E-state index contributed by atoms with van der Waals surface area (Å²) >= 11 is 0. The smallest absolute Gasteiger partial charge is 0.308 e. The first kappa shape index (κ1) is 16.4. The standard InChI is InChI=1S/C17H25NO2/c1-4-6-15(5-2)11-12-18-13-16-7-9-17(10-8-16)20-14(3)19/h4,7-10,15,18H,1,5-6,11-13H2,2-3H3. The van der Waals surface area contributed by atoms with E-state index in [-0.39, 0.29) is 5.97 Å². The van der Waals surface area contributed by atoms with Gasteiger partial charge in [-0.2, -0.15) is 0 Å². The van der Waals surface area contributed by atoms with Crippen molar-refractivity contribution >= 4 is 5.97 Å². The van der Waals surface area contributed by atoms with Crippen molar-refractivity contribution < 1.29 is 9.53 Å². The van der Waals surface area contributed by atoms with Crippen LogP contribution in [0.15, 0.2) is 36.9 Å². The maximum absolute atomic E-state index is 10.8. The van der Waals surface area contributed by atoms with Crippen LogP contribution in [-0.4, -0.2) is 12.5 Å². The fraction of sp³-hybridized carbons (Fsp3) is 0.471. The summed E-state index contributed by atoms with van der Waals surface area (Å²) in [7, 11) is 0. The van der Waals surface area contributed by atoms with Crippen molar-refractivity contribution in [3.05, 3.63) is 42.5 Å². The third-order valence-corrected chi connectivity index (χ3v) is 3.32. The van der Waals surface area contributed by atoms with E-state index in [0.29, 0.717) is 5.75 Å². The summed E-state index contributed by atoms with van der Waals surface area (Å²) in [5.74, 6) is 1.04. The van der Waals surface area contributed by atoms with Crippen molar-refractivity contribution in [1.82, 2.24) is 5.32 Å². The summed E-state index contributed by atoms with van der Waals surface area (Å²) in [6.45, 7) is 9.28. The van der Waals surface area contributed by atoms with Crippen LogP contribution in [0.25, 0.3) is 0 Å². The lowest BCUT2D eigenvalue weighted by molar-refractivity contribution is -0.131. The van der Waals surface area contributed by atoms with Crippen molar-refractivity contribution in [1.29, 1.82) is 0 Å². The zero-order valence-electron chi connectivity index (χ0n) is 12.5. The minimum Gasteiger partial charge on any atom is -0.427 e. The monoisotopic (exact) mass is 275 g/mol. The highest BCUT2D eigenvalue weighted by Crippen LogP contribution is 2.14. The zero-order chi connectivity index (χ0) is 14.8. The Morgan fingerprint density at radius 2 is 2.10 bits per heavy atom. The summed E-state index contributed by atoms with van der Waals surface area (Å²) in [6, 6.07) is 7.61. The lowest BCUT2D eigenvalue weighted by atomic mass is 9.98. The van der Waals surface area contributed by atoms with Crippen LogP contribution in [0.3, 0.4) is 0 Å². The van der Waals surface area contributed by atoms with Crippen LogP contribution in [0.4, 0.5) is 0 Å². The molecule has 1 aromatic rings. The minimum atomic E-state index is -0.288. The van der Waals surface area contributed by atoms with E-state index in [9.17, 15) is 4.79 Å². The van der Waals surface area contributed by atoms with Gasteiger partial charge in [0.1, 0.15) is 5.75 Å². The third-order valence-electron chi connectivity index (χ3n) is 3.32. The Morgan fingerprint density at radius 3 is 2.65 bits per heavy atom. The Hall–Kier alpha value is -1.61. The number of allylic oxidation sites excluding steroid dienone is 1. The molecule has 1 atom stereocenters. The molecule has 1 N–H and O–H groups in total. The Balaban J connectivity index is 2.28.